The summed E-state index contributed by atoms with van der Waals surface area (Å²) in [6.07, 6.45) is 4.44. The number of imide groups is 1. The maximum Gasteiger partial charge on any atom is 0.321 e. The highest BCUT2D eigenvalue weighted by molar-refractivity contribution is 7.99. The molecule has 132 valence electrons. The number of nitrogens with zero attached hydrogens (tertiary/aromatic N) is 2. The molecule has 1 saturated carbocycles. The fourth-order valence-corrected chi connectivity index (χ4v) is 3.57. The van der Waals surface area contributed by atoms with Gasteiger partial charge in [-0.05, 0) is 45.1 Å². The van der Waals surface area contributed by atoms with Crippen molar-refractivity contribution in [2.75, 3.05) is 5.75 Å². The number of carbonyl (C=O) groups excluding carboxylic acids is 2. The van der Waals surface area contributed by atoms with Crippen LogP contribution in [0.4, 0.5) is 4.79 Å². The highest BCUT2D eigenvalue weighted by Crippen LogP contribution is 2.23. The monoisotopic (exact) mass is 350 g/mol. The Bertz CT molecular complexity index is 598. The molecule has 1 fully saturated rings. The van der Waals surface area contributed by atoms with Gasteiger partial charge in [-0.25, -0.2) is 14.8 Å². The van der Waals surface area contributed by atoms with Crippen LogP contribution in [-0.2, 0) is 4.79 Å². The van der Waals surface area contributed by atoms with Crippen molar-refractivity contribution >= 4 is 23.7 Å². The predicted molar refractivity (Wildman–Crippen MR) is 95.1 cm³/mol. The number of urea groups is 1. The molecule has 1 heterocycles. The Hall–Kier alpha value is -1.63. The third kappa shape index (κ3) is 5.19. The maximum atomic E-state index is 11.9. The molecule has 3 amide bonds. The molecule has 1 aromatic heterocycles. The number of hydrogen-bond donors (Lipinski definition) is 2. The molecule has 1 aliphatic carbocycles. The topological polar surface area (TPSA) is 84.0 Å². The van der Waals surface area contributed by atoms with E-state index in [0.717, 1.165) is 36.2 Å². The summed E-state index contributed by atoms with van der Waals surface area (Å²) in [6, 6.07) is -0.249. The first-order chi connectivity index (χ1) is 11.4. The van der Waals surface area contributed by atoms with Crippen molar-refractivity contribution in [1.29, 1.82) is 0 Å². The van der Waals surface area contributed by atoms with Crippen LogP contribution in [0.2, 0.25) is 0 Å². The fourth-order valence-electron chi connectivity index (χ4n) is 2.83. The van der Waals surface area contributed by atoms with E-state index in [4.69, 9.17) is 0 Å². The van der Waals surface area contributed by atoms with Gasteiger partial charge >= 0.3 is 6.03 Å². The van der Waals surface area contributed by atoms with Gasteiger partial charge in [-0.15, -0.1) is 0 Å². The van der Waals surface area contributed by atoms with Gasteiger partial charge in [0.1, 0.15) is 0 Å². The first-order valence-corrected chi connectivity index (χ1v) is 9.40. The Labute approximate surface area is 147 Å². The Balaban J connectivity index is 1.79. The van der Waals surface area contributed by atoms with Crippen molar-refractivity contribution in [1.82, 2.24) is 20.6 Å². The number of hydrogen-bond acceptors (Lipinski definition) is 5. The van der Waals surface area contributed by atoms with Crippen LogP contribution in [0, 0.1) is 26.7 Å². The summed E-state index contributed by atoms with van der Waals surface area (Å²) < 4.78 is 0. The Morgan fingerprint density at radius 3 is 2.38 bits per heavy atom. The van der Waals surface area contributed by atoms with Crippen LogP contribution >= 0.6 is 11.8 Å². The lowest BCUT2D eigenvalue weighted by atomic mass is 9.86. The van der Waals surface area contributed by atoms with Crippen molar-refractivity contribution in [3.8, 4) is 0 Å². The molecule has 2 rings (SSSR count). The molecule has 1 aromatic rings. The van der Waals surface area contributed by atoms with E-state index in [9.17, 15) is 9.59 Å². The van der Waals surface area contributed by atoms with Gasteiger partial charge in [0.15, 0.2) is 5.16 Å². The molecular weight excluding hydrogens is 324 g/mol. The molecule has 0 aromatic carbocycles. The summed E-state index contributed by atoms with van der Waals surface area (Å²) in [5.41, 5.74) is 2.88. The number of rotatable bonds is 4. The fraction of sp³-hybridized carbons (Fsp3) is 0.647. The minimum absolute atomic E-state index is 0.121. The van der Waals surface area contributed by atoms with E-state index >= 15 is 0 Å². The number of amides is 3. The number of aryl methyl sites for hydroxylation is 2. The van der Waals surface area contributed by atoms with Crippen molar-refractivity contribution in [2.24, 2.45) is 5.92 Å². The predicted octanol–water partition coefficient (Wildman–Crippen LogP) is 2.90. The lowest BCUT2D eigenvalue weighted by Gasteiger charge is -2.29. The molecule has 0 aliphatic heterocycles. The Kier molecular flexibility index (Phi) is 6.60. The standard InChI is InChI=1S/C17H26N4O2S/c1-10-7-5-6-8-14(10)20-16(23)21-15(22)9-24-17-18-12(3)11(2)13(4)19-17/h10,14H,5-9H2,1-4H3,(H2,20,21,22,23)/t10-,14-/m0/s1. The van der Waals surface area contributed by atoms with Gasteiger partial charge in [0.2, 0.25) is 5.91 Å². The smallest absolute Gasteiger partial charge is 0.321 e. The summed E-state index contributed by atoms with van der Waals surface area (Å²) in [7, 11) is 0. The zero-order valence-electron chi connectivity index (χ0n) is 14.8. The van der Waals surface area contributed by atoms with Crippen LogP contribution in [0.5, 0.6) is 0 Å². The van der Waals surface area contributed by atoms with Crippen LogP contribution in [0.1, 0.15) is 49.6 Å². The zero-order chi connectivity index (χ0) is 17.7. The molecule has 7 heteroatoms. The Morgan fingerprint density at radius 2 is 1.75 bits per heavy atom. The minimum atomic E-state index is -0.406. The van der Waals surface area contributed by atoms with E-state index in [-0.39, 0.29) is 17.7 Å². The van der Waals surface area contributed by atoms with Gasteiger partial charge in [-0.2, -0.15) is 0 Å². The average Bonchev–Trinajstić information content (AvgIpc) is 2.52. The molecular formula is C17H26N4O2S. The summed E-state index contributed by atoms with van der Waals surface area (Å²) >= 11 is 1.24. The van der Waals surface area contributed by atoms with Crippen molar-refractivity contribution in [3.05, 3.63) is 17.0 Å². The first-order valence-electron chi connectivity index (χ1n) is 8.41. The van der Waals surface area contributed by atoms with Gasteiger partial charge in [0, 0.05) is 17.4 Å². The number of nitrogens with one attached hydrogen (secondary N) is 2. The van der Waals surface area contributed by atoms with Crippen LogP contribution < -0.4 is 10.6 Å². The lowest BCUT2D eigenvalue weighted by Crippen LogP contribution is -2.48. The average molecular weight is 350 g/mol. The first kappa shape index (κ1) is 18.7. The van der Waals surface area contributed by atoms with Crippen LogP contribution in [0.3, 0.4) is 0 Å². The molecule has 2 N–H and O–H groups in total. The molecule has 1 aliphatic rings. The van der Waals surface area contributed by atoms with E-state index in [1.165, 1.54) is 18.2 Å². The maximum absolute atomic E-state index is 11.9. The second-order valence-corrected chi connectivity index (χ2v) is 7.42. The number of carbonyl (C=O) groups is 2. The molecule has 0 saturated heterocycles. The molecule has 24 heavy (non-hydrogen) atoms. The molecule has 0 radical (unpaired) electrons. The normalized spacial score (nSPS) is 20.5. The summed E-state index contributed by atoms with van der Waals surface area (Å²) in [5, 5.41) is 5.87. The molecule has 0 bridgehead atoms. The summed E-state index contributed by atoms with van der Waals surface area (Å²) in [5.74, 6) is 0.247. The van der Waals surface area contributed by atoms with Gasteiger partial charge in [0.05, 0.1) is 5.75 Å². The number of thioether (sulfide) groups is 1. The van der Waals surface area contributed by atoms with Gasteiger partial charge in [-0.1, -0.05) is 31.5 Å². The molecule has 2 atom stereocenters. The van der Waals surface area contributed by atoms with Crippen molar-refractivity contribution in [2.45, 2.75) is 64.6 Å². The highest BCUT2D eigenvalue weighted by atomic mass is 32.2. The van der Waals surface area contributed by atoms with Crippen LogP contribution in [-0.4, -0.2) is 33.7 Å². The molecule has 0 unspecified atom stereocenters. The molecule has 0 spiro atoms. The van der Waals surface area contributed by atoms with E-state index in [2.05, 4.69) is 27.5 Å². The minimum Gasteiger partial charge on any atom is -0.335 e. The van der Waals surface area contributed by atoms with Gasteiger partial charge < -0.3 is 5.32 Å². The van der Waals surface area contributed by atoms with E-state index < -0.39 is 6.03 Å². The second kappa shape index (κ2) is 8.46. The third-order valence-corrected chi connectivity index (χ3v) is 5.47. The number of aromatic nitrogens is 2. The largest absolute Gasteiger partial charge is 0.335 e. The van der Waals surface area contributed by atoms with Gasteiger partial charge in [-0.3, -0.25) is 10.1 Å². The van der Waals surface area contributed by atoms with Gasteiger partial charge in [0.25, 0.3) is 0 Å². The van der Waals surface area contributed by atoms with Crippen molar-refractivity contribution in [3.63, 3.8) is 0 Å². The highest BCUT2D eigenvalue weighted by Gasteiger charge is 2.23. The van der Waals surface area contributed by atoms with Crippen LogP contribution in [0.15, 0.2) is 5.16 Å². The summed E-state index contributed by atoms with van der Waals surface area (Å²) in [6.45, 7) is 7.96. The van der Waals surface area contributed by atoms with E-state index in [1.54, 1.807) is 0 Å². The van der Waals surface area contributed by atoms with E-state index in [0.29, 0.717) is 11.1 Å². The van der Waals surface area contributed by atoms with Crippen molar-refractivity contribution < 1.29 is 9.59 Å². The third-order valence-electron chi connectivity index (χ3n) is 4.63. The SMILES string of the molecule is Cc1nc(SCC(=O)NC(=O)N[C@H]2CCCC[C@@H]2C)nc(C)c1C. The lowest BCUT2D eigenvalue weighted by molar-refractivity contribution is -0.117. The zero-order valence-corrected chi connectivity index (χ0v) is 15.6. The van der Waals surface area contributed by atoms with E-state index in [1.807, 2.05) is 20.8 Å². The second-order valence-electron chi connectivity index (χ2n) is 6.48. The quantitative estimate of drug-likeness (QED) is 0.644. The summed E-state index contributed by atoms with van der Waals surface area (Å²) in [4.78, 5) is 32.6. The van der Waals surface area contributed by atoms with Crippen LogP contribution in [0.25, 0.3) is 0 Å². The Morgan fingerprint density at radius 1 is 1.12 bits per heavy atom. The molecule has 6 nitrogen and oxygen atoms in total.